The average molecular weight is 336 g/mol. The zero-order chi connectivity index (χ0) is 16.8. The Balaban J connectivity index is 2.22. The van der Waals surface area contributed by atoms with Crippen LogP contribution in [0.25, 0.3) is 0 Å². The van der Waals surface area contributed by atoms with E-state index in [9.17, 15) is 4.39 Å². The molecule has 0 saturated carbocycles. The van der Waals surface area contributed by atoms with E-state index in [0.29, 0.717) is 23.6 Å². The van der Waals surface area contributed by atoms with E-state index in [4.69, 9.17) is 11.6 Å². The monoisotopic (exact) mass is 335 g/mol. The number of amidine groups is 1. The fourth-order valence-electron chi connectivity index (χ4n) is 2.74. The highest BCUT2D eigenvalue weighted by Gasteiger charge is 2.22. The van der Waals surface area contributed by atoms with Gasteiger partial charge in [0.2, 0.25) is 0 Å². The quantitative estimate of drug-likeness (QED) is 0.758. The molecule has 5 heteroatoms. The molecule has 2 rings (SSSR count). The predicted octanol–water partition coefficient (Wildman–Crippen LogP) is 5.18. The van der Waals surface area contributed by atoms with Crippen molar-refractivity contribution < 1.29 is 4.39 Å². The second-order valence-electron chi connectivity index (χ2n) is 5.75. The molecule has 124 valence electrons. The maximum atomic E-state index is 14.6. The molecule has 0 aromatic heterocycles. The molecule has 0 aromatic rings. The summed E-state index contributed by atoms with van der Waals surface area (Å²) in [5, 5.41) is 3.73. The van der Waals surface area contributed by atoms with E-state index in [1.54, 1.807) is 0 Å². The molecule has 1 atom stereocenters. The first kappa shape index (κ1) is 17.7. The maximum Gasteiger partial charge on any atom is 0.148 e. The summed E-state index contributed by atoms with van der Waals surface area (Å²) in [5.74, 6) is 0.502. The molecule has 1 unspecified atom stereocenters. The van der Waals surface area contributed by atoms with E-state index in [-0.39, 0.29) is 11.9 Å². The van der Waals surface area contributed by atoms with E-state index in [1.165, 1.54) is 6.20 Å². The standard InChI is InChI=1S/C18H23ClFN3/c1-4-14(10-17-12(2)22-13(3)23-17)15-8-6-5-7-9-18(19)21-11-16(15)20/h4,8,11,17H,2,5-7,9-10H2,1,3H3,(H,22,23)/b14-4+,15-8+,16-11-,21-18+. The first-order valence-electron chi connectivity index (χ1n) is 7.95. The Labute approximate surface area is 142 Å². The van der Waals surface area contributed by atoms with Crippen molar-refractivity contribution in [3.63, 3.8) is 0 Å². The lowest BCUT2D eigenvalue weighted by Crippen LogP contribution is -2.28. The van der Waals surface area contributed by atoms with Crippen molar-refractivity contribution in [2.45, 2.75) is 52.0 Å². The van der Waals surface area contributed by atoms with Crippen molar-refractivity contribution in [2.75, 3.05) is 0 Å². The molecule has 23 heavy (non-hydrogen) atoms. The van der Waals surface area contributed by atoms with Gasteiger partial charge in [-0.25, -0.2) is 14.4 Å². The van der Waals surface area contributed by atoms with E-state index in [0.717, 1.165) is 36.4 Å². The number of rotatable bonds is 3. The minimum absolute atomic E-state index is 0.0115. The summed E-state index contributed by atoms with van der Waals surface area (Å²) in [7, 11) is 0. The van der Waals surface area contributed by atoms with Gasteiger partial charge >= 0.3 is 0 Å². The Morgan fingerprint density at radius 1 is 1.52 bits per heavy atom. The van der Waals surface area contributed by atoms with Crippen LogP contribution in [0, 0.1) is 0 Å². The van der Waals surface area contributed by atoms with Crippen LogP contribution in [0.2, 0.25) is 0 Å². The number of allylic oxidation sites excluding steroid dienone is 4. The summed E-state index contributed by atoms with van der Waals surface area (Å²) < 4.78 is 14.6. The average Bonchev–Trinajstić information content (AvgIpc) is 2.84. The minimum atomic E-state index is -0.348. The minimum Gasteiger partial charge on any atom is -0.365 e. The molecular weight excluding hydrogens is 313 g/mol. The molecule has 0 bridgehead atoms. The lowest BCUT2D eigenvalue weighted by molar-refractivity contribution is 0.636. The highest BCUT2D eigenvalue weighted by atomic mass is 35.5. The number of nitrogens with one attached hydrogen (secondary N) is 1. The van der Waals surface area contributed by atoms with E-state index in [1.807, 2.05) is 26.0 Å². The molecule has 0 aliphatic carbocycles. The van der Waals surface area contributed by atoms with Crippen molar-refractivity contribution in [3.8, 4) is 0 Å². The first-order valence-corrected chi connectivity index (χ1v) is 8.33. The van der Waals surface area contributed by atoms with E-state index in [2.05, 4.69) is 21.9 Å². The van der Waals surface area contributed by atoms with Crippen LogP contribution in [-0.2, 0) is 0 Å². The largest absolute Gasteiger partial charge is 0.365 e. The molecular formula is C18H23ClFN3. The van der Waals surface area contributed by atoms with Gasteiger partial charge in [0.25, 0.3) is 0 Å². The van der Waals surface area contributed by atoms with Gasteiger partial charge in [0.1, 0.15) is 11.0 Å². The van der Waals surface area contributed by atoms with Gasteiger partial charge in [-0.15, -0.1) is 0 Å². The van der Waals surface area contributed by atoms with Crippen LogP contribution in [0.3, 0.4) is 0 Å². The second kappa shape index (κ2) is 8.25. The Kier molecular flexibility index (Phi) is 6.34. The van der Waals surface area contributed by atoms with Gasteiger partial charge in [-0.2, -0.15) is 0 Å². The van der Waals surface area contributed by atoms with Crippen LogP contribution in [0.15, 0.2) is 57.6 Å². The zero-order valence-electron chi connectivity index (χ0n) is 13.7. The number of hydrogen-bond donors (Lipinski definition) is 1. The predicted molar refractivity (Wildman–Crippen MR) is 96.6 cm³/mol. The number of aliphatic imine (C=N–C) groups is 2. The molecule has 3 nitrogen and oxygen atoms in total. The molecule has 0 fully saturated rings. The summed E-state index contributed by atoms with van der Waals surface area (Å²) in [6.07, 6.45) is 9.22. The summed E-state index contributed by atoms with van der Waals surface area (Å²) in [5.41, 5.74) is 2.31. The molecule has 0 amide bonds. The molecule has 0 radical (unpaired) electrons. The third kappa shape index (κ3) is 4.90. The third-order valence-electron chi connectivity index (χ3n) is 3.98. The topological polar surface area (TPSA) is 36.8 Å². The highest BCUT2D eigenvalue weighted by Crippen LogP contribution is 2.29. The molecule has 0 spiro atoms. The normalized spacial score (nSPS) is 30.3. The van der Waals surface area contributed by atoms with Crippen LogP contribution in [0.4, 0.5) is 4.39 Å². The van der Waals surface area contributed by atoms with Crippen LogP contribution < -0.4 is 5.32 Å². The molecule has 0 saturated heterocycles. The Morgan fingerprint density at radius 3 is 2.96 bits per heavy atom. The lowest BCUT2D eigenvalue weighted by atomic mass is 9.95. The third-order valence-corrected chi connectivity index (χ3v) is 4.26. The number of halogens is 2. The van der Waals surface area contributed by atoms with Crippen molar-refractivity contribution in [1.29, 1.82) is 0 Å². The van der Waals surface area contributed by atoms with Gasteiger partial charge < -0.3 is 5.32 Å². The van der Waals surface area contributed by atoms with Gasteiger partial charge in [0, 0.05) is 12.0 Å². The first-order chi connectivity index (χ1) is 11.0. The Morgan fingerprint density at radius 2 is 2.30 bits per heavy atom. The summed E-state index contributed by atoms with van der Waals surface area (Å²) >= 11 is 5.99. The molecule has 2 heterocycles. The SMILES string of the molecule is C=C1N=C(C)NC1CC(=C\C)/C1=C\CCCC/C(Cl)=N\C=C\1F. The van der Waals surface area contributed by atoms with Gasteiger partial charge in [-0.05, 0) is 45.1 Å². The van der Waals surface area contributed by atoms with Crippen LogP contribution in [0.5, 0.6) is 0 Å². The Hall–Kier alpha value is -1.68. The van der Waals surface area contributed by atoms with Crippen LogP contribution >= 0.6 is 11.6 Å². The summed E-state index contributed by atoms with van der Waals surface area (Å²) in [4.78, 5) is 8.32. The van der Waals surface area contributed by atoms with Gasteiger partial charge in [0.15, 0.2) is 0 Å². The van der Waals surface area contributed by atoms with Crippen molar-refractivity contribution in [2.24, 2.45) is 9.98 Å². The highest BCUT2D eigenvalue weighted by molar-refractivity contribution is 6.65. The second-order valence-corrected chi connectivity index (χ2v) is 6.19. The van der Waals surface area contributed by atoms with E-state index >= 15 is 0 Å². The fraction of sp³-hybridized carbons (Fsp3) is 0.444. The van der Waals surface area contributed by atoms with Crippen molar-refractivity contribution >= 4 is 22.6 Å². The smallest absolute Gasteiger partial charge is 0.148 e. The van der Waals surface area contributed by atoms with Gasteiger partial charge in [0.05, 0.1) is 23.8 Å². The van der Waals surface area contributed by atoms with Crippen molar-refractivity contribution in [1.82, 2.24) is 5.32 Å². The van der Waals surface area contributed by atoms with Gasteiger partial charge in [-0.1, -0.05) is 30.3 Å². The molecule has 1 N–H and O–H groups in total. The maximum absolute atomic E-state index is 14.6. The zero-order valence-corrected chi connectivity index (χ0v) is 14.5. The van der Waals surface area contributed by atoms with Gasteiger partial charge in [-0.3, -0.25) is 0 Å². The van der Waals surface area contributed by atoms with E-state index < -0.39 is 0 Å². The summed E-state index contributed by atoms with van der Waals surface area (Å²) in [6, 6.07) is 0.0115. The van der Waals surface area contributed by atoms with Crippen molar-refractivity contribution in [3.05, 3.63) is 47.6 Å². The summed E-state index contributed by atoms with van der Waals surface area (Å²) in [6.45, 7) is 7.79. The fourth-order valence-corrected chi connectivity index (χ4v) is 2.92. The number of nitrogens with zero attached hydrogens (tertiary/aromatic N) is 2. The van der Waals surface area contributed by atoms with Crippen LogP contribution in [0.1, 0.15) is 46.0 Å². The lowest BCUT2D eigenvalue weighted by Gasteiger charge is -2.17. The van der Waals surface area contributed by atoms with Crippen LogP contribution in [-0.4, -0.2) is 17.0 Å². The molecule has 2 aliphatic heterocycles. The number of hydrogen-bond acceptors (Lipinski definition) is 3. The molecule has 0 aromatic carbocycles. The Bertz CT molecular complexity index is 626. The molecule has 2 aliphatic rings.